The minimum atomic E-state index is -0.0809. The number of rotatable bonds is 9. The summed E-state index contributed by atoms with van der Waals surface area (Å²) < 4.78 is 23.4. The molecule has 5 rings (SSSR count). The van der Waals surface area contributed by atoms with Crippen LogP contribution < -0.4 is 23.8 Å². The zero-order valence-corrected chi connectivity index (χ0v) is 22.9. The molecule has 1 amide bonds. The van der Waals surface area contributed by atoms with Crippen LogP contribution in [0.3, 0.4) is 0 Å². The van der Waals surface area contributed by atoms with Gasteiger partial charge in [0.15, 0.2) is 28.5 Å². The second-order valence-electron chi connectivity index (χ2n) is 8.90. The Labute approximate surface area is 231 Å². The fraction of sp³-hybridized carbons (Fsp3) is 0.321. The summed E-state index contributed by atoms with van der Waals surface area (Å²) in [4.78, 5) is 25.8. The van der Waals surface area contributed by atoms with Crippen molar-refractivity contribution in [2.75, 3.05) is 59.0 Å². The molecule has 40 heavy (non-hydrogen) atoms. The Morgan fingerprint density at radius 1 is 0.950 bits per heavy atom. The summed E-state index contributed by atoms with van der Waals surface area (Å²) >= 11 is 0. The number of benzene rings is 2. The molecule has 1 aliphatic rings. The number of piperazine rings is 1. The zero-order chi connectivity index (χ0) is 28.1. The molecule has 0 aliphatic carbocycles. The molecule has 2 aromatic heterocycles. The number of methoxy groups -OCH3 is 3. The normalized spacial score (nSPS) is 13.6. The Hall–Kier alpha value is -4.87. The van der Waals surface area contributed by atoms with Crippen LogP contribution in [0.15, 0.2) is 48.8 Å². The lowest BCUT2D eigenvalue weighted by Crippen LogP contribution is -2.48. The molecule has 1 fully saturated rings. The first kappa shape index (κ1) is 26.7. The first-order valence-corrected chi connectivity index (χ1v) is 12.9. The van der Waals surface area contributed by atoms with Crippen molar-refractivity contribution in [2.24, 2.45) is 0 Å². The number of anilines is 1. The highest BCUT2D eigenvalue weighted by molar-refractivity contribution is 5.92. The van der Waals surface area contributed by atoms with Gasteiger partial charge in [0, 0.05) is 32.3 Å². The van der Waals surface area contributed by atoms with Crippen molar-refractivity contribution in [3.63, 3.8) is 0 Å². The van der Waals surface area contributed by atoms with Crippen molar-refractivity contribution in [1.82, 2.24) is 29.9 Å². The molecule has 4 aromatic rings. The Kier molecular flexibility index (Phi) is 7.94. The van der Waals surface area contributed by atoms with Crippen LogP contribution in [0.1, 0.15) is 12.5 Å². The van der Waals surface area contributed by atoms with Crippen LogP contribution in [0.4, 0.5) is 5.82 Å². The minimum absolute atomic E-state index is 0.0809. The smallest absolute Gasteiger partial charge is 0.246 e. The topological polar surface area (TPSA) is 117 Å². The number of hydrogen-bond acceptors (Lipinski definition) is 10. The van der Waals surface area contributed by atoms with Gasteiger partial charge in [0.25, 0.3) is 0 Å². The molecule has 0 spiro atoms. The number of hydrogen-bond donors (Lipinski definition) is 0. The molecule has 0 atom stereocenters. The van der Waals surface area contributed by atoms with E-state index in [0.717, 1.165) is 17.0 Å². The predicted octanol–water partition coefficient (Wildman–Crippen LogP) is 3.00. The van der Waals surface area contributed by atoms with Gasteiger partial charge in [-0.1, -0.05) is 5.21 Å². The monoisotopic (exact) mass is 545 g/mol. The van der Waals surface area contributed by atoms with E-state index >= 15 is 0 Å². The van der Waals surface area contributed by atoms with E-state index in [1.165, 1.54) is 6.33 Å². The van der Waals surface area contributed by atoms with Crippen molar-refractivity contribution in [3.05, 3.63) is 54.4 Å². The van der Waals surface area contributed by atoms with Crippen molar-refractivity contribution < 1.29 is 23.7 Å². The third-order valence-corrected chi connectivity index (χ3v) is 6.61. The summed E-state index contributed by atoms with van der Waals surface area (Å²) in [7, 11) is 4.67. The molecular weight excluding hydrogens is 514 g/mol. The van der Waals surface area contributed by atoms with E-state index in [2.05, 4.69) is 25.2 Å². The van der Waals surface area contributed by atoms with E-state index in [1.54, 1.807) is 55.2 Å². The van der Waals surface area contributed by atoms with Gasteiger partial charge in [0.05, 0.1) is 33.6 Å². The summed E-state index contributed by atoms with van der Waals surface area (Å²) in [6.07, 6.45) is 4.82. The third-order valence-electron chi connectivity index (χ3n) is 6.61. The molecule has 12 heteroatoms. The molecule has 0 bridgehead atoms. The quantitative estimate of drug-likeness (QED) is 0.291. The van der Waals surface area contributed by atoms with E-state index in [0.29, 0.717) is 67.0 Å². The minimum Gasteiger partial charge on any atom is -0.494 e. The first-order valence-electron chi connectivity index (χ1n) is 12.9. The molecule has 208 valence electrons. The Morgan fingerprint density at radius 2 is 1.65 bits per heavy atom. The van der Waals surface area contributed by atoms with Crippen LogP contribution in [-0.2, 0) is 4.79 Å². The fourth-order valence-corrected chi connectivity index (χ4v) is 4.60. The molecule has 0 saturated carbocycles. The summed E-state index contributed by atoms with van der Waals surface area (Å²) in [5.41, 5.74) is 2.81. The number of fused-ring (bicyclic) bond motifs is 1. The summed E-state index contributed by atoms with van der Waals surface area (Å²) in [5.74, 6) is 2.96. The largest absolute Gasteiger partial charge is 0.494 e. The van der Waals surface area contributed by atoms with Crippen LogP contribution in [0.2, 0.25) is 0 Å². The highest BCUT2D eigenvalue weighted by Gasteiger charge is 2.24. The number of ether oxygens (including phenoxy) is 4. The second kappa shape index (κ2) is 11.9. The van der Waals surface area contributed by atoms with Crippen molar-refractivity contribution in [3.8, 4) is 28.7 Å². The maximum Gasteiger partial charge on any atom is 0.246 e. The number of carbonyl (C=O) groups excluding carboxylic acids is 1. The van der Waals surface area contributed by atoms with Crippen molar-refractivity contribution >= 4 is 29.0 Å². The van der Waals surface area contributed by atoms with Crippen molar-refractivity contribution in [2.45, 2.75) is 6.92 Å². The fourth-order valence-electron chi connectivity index (χ4n) is 4.60. The highest BCUT2D eigenvalue weighted by Crippen LogP contribution is 2.38. The molecule has 0 radical (unpaired) electrons. The lowest BCUT2D eigenvalue weighted by atomic mass is 10.1. The van der Waals surface area contributed by atoms with Crippen LogP contribution in [0.25, 0.3) is 22.9 Å². The third kappa shape index (κ3) is 5.33. The van der Waals surface area contributed by atoms with Crippen LogP contribution in [0, 0.1) is 0 Å². The van der Waals surface area contributed by atoms with Gasteiger partial charge in [-0.05, 0) is 55.0 Å². The summed E-state index contributed by atoms with van der Waals surface area (Å²) in [6, 6.07) is 11.2. The average Bonchev–Trinajstić information content (AvgIpc) is 3.44. The molecule has 1 aliphatic heterocycles. The van der Waals surface area contributed by atoms with Gasteiger partial charge in [0.2, 0.25) is 11.7 Å². The van der Waals surface area contributed by atoms with Gasteiger partial charge >= 0.3 is 0 Å². The van der Waals surface area contributed by atoms with Crippen molar-refractivity contribution in [1.29, 1.82) is 0 Å². The zero-order valence-electron chi connectivity index (χ0n) is 22.9. The van der Waals surface area contributed by atoms with Gasteiger partial charge in [-0.15, -0.1) is 5.10 Å². The molecular formula is C28H31N7O5. The van der Waals surface area contributed by atoms with E-state index in [9.17, 15) is 4.79 Å². The lowest BCUT2D eigenvalue weighted by molar-refractivity contribution is -0.126. The van der Waals surface area contributed by atoms with Crippen LogP contribution in [0.5, 0.6) is 23.0 Å². The van der Waals surface area contributed by atoms with Gasteiger partial charge in [-0.2, -0.15) is 4.68 Å². The number of amides is 1. The Morgan fingerprint density at radius 3 is 2.27 bits per heavy atom. The standard InChI is InChI=1S/C28H31N7O5/c1-5-40-21-9-7-20(8-10-21)35-28-25(31-32-35)27(29-18-30-28)34-14-12-33(13-15-34)24(36)11-6-19-16-22(37-2)26(39-4)23(17-19)38-3/h6-11,16-18H,5,12-15H2,1-4H3/b11-6-. The summed E-state index contributed by atoms with van der Waals surface area (Å²) in [6.45, 7) is 4.83. The maximum absolute atomic E-state index is 13.0. The molecule has 12 nitrogen and oxygen atoms in total. The molecule has 1 saturated heterocycles. The van der Waals surface area contributed by atoms with E-state index in [-0.39, 0.29) is 5.91 Å². The SMILES string of the molecule is CCOc1ccc(-n2nnc3c(N4CCN(C(=O)/C=C\c5cc(OC)c(OC)c(OC)c5)CC4)ncnc32)cc1. The molecule has 3 heterocycles. The van der Waals surface area contributed by atoms with E-state index in [4.69, 9.17) is 18.9 Å². The van der Waals surface area contributed by atoms with E-state index in [1.807, 2.05) is 31.2 Å². The predicted molar refractivity (Wildman–Crippen MR) is 150 cm³/mol. The number of nitrogens with zero attached hydrogens (tertiary/aromatic N) is 7. The van der Waals surface area contributed by atoms with Gasteiger partial charge in [-0.25, -0.2) is 9.97 Å². The Bertz CT molecular complexity index is 1490. The number of carbonyl (C=O) groups is 1. The van der Waals surface area contributed by atoms with E-state index < -0.39 is 0 Å². The second-order valence-corrected chi connectivity index (χ2v) is 8.90. The lowest BCUT2D eigenvalue weighted by Gasteiger charge is -2.34. The highest BCUT2D eigenvalue weighted by atomic mass is 16.5. The van der Waals surface area contributed by atoms with Gasteiger partial charge < -0.3 is 28.7 Å². The first-order chi connectivity index (χ1) is 19.6. The molecule has 0 unspecified atom stereocenters. The summed E-state index contributed by atoms with van der Waals surface area (Å²) in [5, 5.41) is 8.71. The average molecular weight is 546 g/mol. The molecule has 2 aromatic carbocycles. The maximum atomic E-state index is 13.0. The van der Waals surface area contributed by atoms with Gasteiger partial charge in [-0.3, -0.25) is 4.79 Å². The van der Waals surface area contributed by atoms with Gasteiger partial charge in [0.1, 0.15) is 12.1 Å². The Balaban J connectivity index is 1.27. The molecule has 0 N–H and O–H groups in total. The number of aromatic nitrogens is 5. The van der Waals surface area contributed by atoms with Crippen LogP contribution in [-0.4, -0.2) is 89.9 Å². The van der Waals surface area contributed by atoms with Crippen LogP contribution >= 0.6 is 0 Å².